The minimum absolute atomic E-state index is 0.683. The Morgan fingerprint density at radius 3 is 2.94 bits per heavy atom. The van der Waals surface area contributed by atoms with Crippen LogP contribution in [0.1, 0.15) is 32.6 Å². The average Bonchev–Trinajstić information content (AvgIpc) is 3.03. The van der Waals surface area contributed by atoms with Crippen molar-refractivity contribution in [3.63, 3.8) is 0 Å². The van der Waals surface area contributed by atoms with E-state index in [0.717, 1.165) is 31.1 Å². The summed E-state index contributed by atoms with van der Waals surface area (Å²) in [6.07, 6.45) is 5.56. The first-order valence-corrected chi connectivity index (χ1v) is 7.36. The quantitative estimate of drug-likeness (QED) is 0.806. The zero-order valence-electron chi connectivity index (χ0n) is 11.1. The molecule has 3 heteroatoms. The maximum Gasteiger partial charge on any atom is 0.0622 e. The molecule has 0 radical (unpaired) electrons. The molecule has 3 fully saturated rings. The summed E-state index contributed by atoms with van der Waals surface area (Å²) in [4.78, 5) is 2.70. The molecule has 0 amide bonds. The molecule has 2 saturated heterocycles. The maximum absolute atomic E-state index is 5.59. The van der Waals surface area contributed by atoms with E-state index in [-0.39, 0.29) is 0 Å². The number of nitrogens with zero attached hydrogens (tertiary/aromatic N) is 1. The van der Waals surface area contributed by atoms with Gasteiger partial charge in [0.1, 0.15) is 0 Å². The van der Waals surface area contributed by atoms with Gasteiger partial charge >= 0.3 is 0 Å². The second-order valence-electron chi connectivity index (χ2n) is 6.15. The lowest BCUT2D eigenvalue weighted by molar-refractivity contribution is -0.0127. The van der Waals surface area contributed by atoms with Gasteiger partial charge in [0.25, 0.3) is 0 Å². The van der Waals surface area contributed by atoms with Gasteiger partial charge in [0.15, 0.2) is 0 Å². The monoisotopic (exact) mass is 238 g/mol. The summed E-state index contributed by atoms with van der Waals surface area (Å²) >= 11 is 0. The minimum Gasteiger partial charge on any atom is -0.378 e. The fourth-order valence-corrected chi connectivity index (χ4v) is 3.82. The SMILES string of the molecule is CCC1COCCN1CC1CC12CCNCC2. The third-order valence-corrected chi connectivity index (χ3v) is 5.23. The van der Waals surface area contributed by atoms with Gasteiger partial charge in [-0.15, -0.1) is 0 Å². The average molecular weight is 238 g/mol. The van der Waals surface area contributed by atoms with E-state index < -0.39 is 0 Å². The molecule has 2 aliphatic heterocycles. The zero-order chi connectivity index (χ0) is 11.7. The van der Waals surface area contributed by atoms with Crippen molar-refractivity contribution in [2.45, 2.75) is 38.6 Å². The molecule has 3 nitrogen and oxygen atoms in total. The van der Waals surface area contributed by atoms with Crippen LogP contribution in [-0.4, -0.2) is 50.3 Å². The van der Waals surface area contributed by atoms with Gasteiger partial charge in [-0.3, -0.25) is 4.90 Å². The van der Waals surface area contributed by atoms with Crippen molar-refractivity contribution in [2.24, 2.45) is 11.3 Å². The summed E-state index contributed by atoms with van der Waals surface area (Å²) in [5, 5.41) is 3.49. The van der Waals surface area contributed by atoms with Gasteiger partial charge in [-0.05, 0) is 50.1 Å². The van der Waals surface area contributed by atoms with Crippen molar-refractivity contribution >= 4 is 0 Å². The fourth-order valence-electron chi connectivity index (χ4n) is 3.82. The van der Waals surface area contributed by atoms with Crippen molar-refractivity contribution in [3.05, 3.63) is 0 Å². The molecule has 2 atom stereocenters. The molecule has 98 valence electrons. The van der Waals surface area contributed by atoms with E-state index in [4.69, 9.17) is 4.74 Å². The molecule has 1 spiro atoms. The first-order valence-electron chi connectivity index (χ1n) is 7.36. The summed E-state index contributed by atoms with van der Waals surface area (Å²) in [5.41, 5.74) is 0.738. The summed E-state index contributed by atoms with van der Waals surface area (Å²) in [5.74, 6) is 0.983. The predicted octanol–water partition coefficient (Wildman–Crippen LogP) is 1.49. The molecule has 2 unspecified atom stereocenters. The number of piperidine rings is 1. The highest BCUT2D eigenvalue weighted by molar-refractivity contribution is 5.05. The molecule has 3 rings (SSSR count). The van der Waals surface area contributed by atoms with Gasteiger partial charge in [0.2, 0.25) is 0 Å². The zero-order valence-corrected chi connectivity index (χ0v) is 11.1. The highest BCUT2D eigenvalue weighted by atomic mass is 16.5. The number of nitrogens with one attached hydrogen (secondary N) is 1. The smallest absolute Gasteiger partial charge is 0.0622 e. The van der Waals surface area contributed by atoms with Gasteiger partial charge in [-0.1, -0.05) is 6.92 Å². The first-order chi connectivity index (χ1) is 8.34. The van der Waals surface area contributed by atoms with Crippen molar-refractivity contribution in [1.82, 2.24) is 10.2 Å². The molecular weight excluding hydrogens is 212 g/mol. The Hall–Kier alpha value is -0.120. The maximum atomic E-state index is 5.59. The number of hydrogen-bond acceptors (Lipinski definition) is 3. The number of hydrogen-bond donors (Lipinski definition) is 1. The Kier molecular flexibility index (Phi) is 3.42. The van der Waals surface area contributed by atoms with Crippen molar-refractivity contribution in [3.8, 4) is 0 Å². The Morgan fingerprint density at radius 1 is 1.35 bits per heavy atom. The normalized spacial score (nSPS) is 37.2. The van der Waals surface area contributed by atoms with Crippen LogP contribution in [0.25, 0.3) is 0 Å². The summed E-state index contributed by atoms with van der Waals surface area (Å²) in [6.45, 7) is 9.17. The predicted molar refractivity (Wildman–Crippen MR) is 69.1 cm³/mol. The summed E-state index contributed by atoms with van der Waals surface area (Å²) < 4.78 is 5.59. The Bertz CT molecular complexity index is 263. The van der Waals surface area contributed by atoms with E-state index in [1.165, 1.54) is 45.3 Å². The minimum atomic E-state index is 0.683. The summed E-state index contributed by atoms with van der Waals surface area (Å²) in [7, 11) is 0. The number of rotatable bonds is 3. The molecule has 2 heterocycles. The molecule has 0 aromatic heterocycles. The van der Waals surface area contributed by atoms with E-state index in [1.54, 1.807) is 0 Å². The van der Waals surface area contributed by atoms with Crippen LogP contribution in [-0.2, 0) is 4.74 Å². The van der Waals surface area contributed by atoms with Crippen LogP contribution in [0.15, 0.2) is 0 Å². The Morgan fingerprint density at radius 2 is 2.18 bits per heavy atom. The largest absolute Gasteiger partial charge is 0.378 e. The fraction of sp³-hybridized carbons (Fsp3) is 1.00. The number of morpholine rings is 1. The third kappa shape index (κ3) is 2.38. The molecule has 0 bridgehead atoms. The van der Waals surface area contributed by atoms with Gasteiger partial charge in [0.05, 0.1) is 13.2 Å². The molecular formula is C14H26N2O. The van der Waals surface area contributed by atoms with Crippen LogP contribution < -0.4 is 5.32 Å². The van der Waals surface area contributed by atoms with Crippen molar-refractivity contribution in [1.29, 1.82) is 0 Å². The van der Waals surface area contributed by atoms with Gasteiger partial charge < -0.3 is 10.1 Å². The molecule has 1 N–H and O–H groups in total. The highest BCUT2D eigenvalue weighted by Crippen LogP contribution is 2.58. The molecule has 1 aliphatic carbocycles. The molecule has 0 aromatic rings. The van der Waals surface area contributed by atoms with Crippen LogP contribution in [0, 0.1) is 11.3 Å². The van der Waals surface area contributed by atoms with Gasteiger partial charge in [-0.25, -0.2) is 0 Å². The van der Waals surface area contributed by atoms with Crippen LogP contribution in [0.2, 0.25) is 0 Å². The molecule has 17 heavy (non-hydrogen) atoms. The van der Waals surface area contributed by atoms with Crippen LogP contribution in [0.4, 0.5) is 0 Å². The van der Waals surface area contributed by atoms with E-state index in [0.29, 0.717) is 6.04 Å². The van der Waals surface area contributed by atoms with Gasteiger partial charge in [-0.2, -0.15) is 0 Å². The van der Waals surface area contributed by atoms with Crippen LogP contribution >= 0.6 is 0 Å². The van der Waals surface area contributed by atoms with Crippen LogP contribution in [0.3, 0.4) is 0 Å². The first kappa shape index (κ1) is 11.9. The lowest BCUT2D eigenvalue weighted by Gasteiger charge is -2.36. The lowest BCUT2D eigenvalue weighted by Crippen LogP contribution is -2.46. The highest BCUT2D eigenvalue weighted by Gasteiger charge is 2.54. The lowest BCUT2D eigenvalue weighted by atomic mass is 9.91. The molecule has 1 saturated carbocycles. The topological polar surface area (TPSA) is 24.5 Å². The van der Waals surface area contributed by atoms with Crippen molar-refractivity contribution in [2.75, 3.05) is 39.4 Å². The Labute approximate surface area is 105 Å². The van der Waals surface area contributed by atoms with Crippen LogP contribution in [0.5, 0.6) is 0 Å². The van der Waals surface area contributed by atoms with Gasteiger partial charge in [0, 0.05) is 19.1 Å². The number of ether oxygens (including phenoxy) is 1. The van der Waals surface area contributed by atoms with E-state index in [2.05, 4.69) is 17.1 Å². The van der Waals surface area contributed by atoms with Crippen molar-refractivity contribution < 1.29 is 4.74 Å². The third-order valence-electron chi connectivity index (χ3n) is 5.23. The van der Waals surface area contributed by atoms with E-state index in [9.17, 15) is 0 Å². The van der Waals surface area contributed by atoms with E-state index >= 15 is 0 Å². The standard InChI is InChI=1S/C14H26N2O/c1-2-13-11-17-8-7-16(13)10-12-9-14(12)3-5-15-6-4-14/h12-13,15H,2-11H2,1H3. The second kappa shape index (κ2) is 4.87. The Balaban J connectivity index is 1.53. The second-order valence-corrected chi connectivity index (χ2v) is 6.15. The molecule has 0 aromatic carbocycles. The molecule has 3 aliphatic rings. The summed E-state index contributed by atoms with van der Waals surface area (Å²) in [6, 6.07) is 0.683. The van der Waals surface area contributed by atoms with E-state index in [1.807, 2.05) is 0 Å².